The van der Waals surface area contributed by atoms with Crippen molar-refractivity contribution < 1.29 is 19.5 Å². The van der Waals surface area contributed by atoms with E-state index in [0.717, 1.165) is 24.8 Å². The third-order valence-corrected chi connectivity index (χ3v) is 5.04. The third kappa shape index (κ3) is 5.58. The Morgan fingerprint density at radius 3 is 2.65 bits per heavy atom. The van der Waals surface area contributed by atoms with Crippen molar-refractivity contribution in [3.63, 3.8) is 0 Å². The largest absolute Gasteiger partial charge is 0.481 e. The molecule has 0 heterocycles. The van der Waals surface area contributed by atoms with E-state index in [9.17, 15) is 14.4 Å². The lowest BCUT2D eigenvalue weighted by atomic mass is 9.81. The number of rotatable bonds is 7. The number of amides is 2. The number of hydrogen-bond acceptors (Lipinski definition) is 3. The average molecular weight is 360 g/mol. The number of carbonyl (C=O) groups excluding carboxylic acids is 2. The van der Waals surface area contributed by atoms with Gasteiger partial charge in [0.2, 0.25) is 5.91 Å². The van der Waals surface area contributed by atoms with Crippen LogP contribution in [-0.4, -0.2) is 28.9 Å². The lowest BCUT2D eigenvalue weighted by Gasteiger charge is -2.25. The zero-order chi connectivity index (χ0) is 19.1. The number of aliphatic carboxylic acids is 1. The van der Waals surface area contributed by atoms with Gasteiger partial charge < -0.3 is 15.7 Å². The van der Waals surface area contributed by atoms with Gasteiger partial charge in [-0.3, -0.25) is 14.4 Å². The first kappa shape index (κ1) is 19.9. The molecule has 0 spiro atoms. The smallest absolute Gasteiger partial charge is 0.306 e. The molecule has 0 bridgehead atoms. The van der Waals surface area contributed by atoms with Crippen LogP contribution in [0.5, 0.6) is 0 Å². The van der Waals surface area contributed by atoms with Crippen molar-refractivity contribution in [2.24, 2.45) is 11.8 Å². The molecule has 0 aliphatic heterocycles. The van der Waals surface area contributed by atoms with Gasteiger partial charge in [0.15, 0.2) is 0 Å². The van der Waals surface area contributed by atoms with E-state index in [1.54, 1.807) is 18.2 Å². The van der Waals surface area contributed by atoms with Crippen molar-refractivity contribution in [3.05, 3.63) is 35.4 Å². The summed E-state index contributed by atoms with van der Waals surface area (Å²) in [7, 11) is 0. The maximum atomic E-state index is 12.4. The SMILES string of the molecule is CCC(C)NC(=O)c1cccc(CNC(=O)C2CCCC(C(=O)O)C2)c1. The van der Waals surface area contributed by atoms with Crippen molar-refractivity contribution in [1.82, 2.24) is 10.6 Å². The molecule has 1 aromatic carbocycles. The minimum atomic E-state index is -0.817. The summed E-state index contributed by atoms with van der Waals surface area (Å²) in [5.41, 5.74) is 1.42. The van der Waals surface area contributed by atoms with Gasteiger partial charge in [0.1, 0.15) is 0 Å². The van der Waals surface area contributed by atoms with Gasteiger partial charge in [-0.2, -0.15) is 0 Å². The maximum absolute atomic E-state index is 12.4. The Morgan fingerprint density at radius 2 is 1.96 bits per heavy atom. The molecule has 0 saturated heterocycles. The Bertz CT molecular complexity index is 659. The van der Waals surface area contributed by atoms with E-state index < -0.39 is 11.9 Å². The second-order valence-electron chi connectivity index (χ2n) is 7.10. The number of hydrogen-bond donors (Lipinski definition) is 3. The Hall–Kier alpha value is -2.37. The first-order valence-electron chi connectivity index (χ1n) is 9.31. The fourth-order valence-corrected chi connectivity index (χ4v) is 3.22. The highest BCUT2D eigenvalue weighted by molar-refractivity contribution is 5.94. The van der Waals surface area contributed by atoms with E-state index in [2.05, 4.69) is 10.6 Å². The van der Waals surface area contributed by atoms with Crippen LogP contribution < -0.4 is 10.6 Å². The number of benzene rings is 1. The predicted molar refractivity (Wildman–Crippen MR) is 98.6 cm³/mol. The molecule has 3 N–H and O–H groups in total. The number of nitrogens with one attached hydrogen (secondary N) is 2. The summed E-state index contributed by atoms with van der Waals surface area (Å²) < 4.78 is 0. The lowest BCUT2D eigenvalue weighted by Crippen LogP contribution is -2.35. The molecule has 0 radical (unpaired) electrons. The Labute approximate surface area is 154 Å². The molecule has 3 atom stereocenters. The van der Waals surface area contributed by atoms with Crippen LogP contribution in [0.25, 0.3) is 0 Å². The van der Waals surface area contributed by atoms with Gasteiger partial charge in [-0.05, 0) is 50.3 Å². The van der Waals surface area contributed by atoms with Crippen LogP contribution >= 0.6 is 0 Å². The fourth-order valence-electron chi connectivity index (χ4n) is 3.22. The summed E-state index contributed by atoms with van der Waals surface area (Å²) in [6, 6.07) is 7.30. The quantitative estimate of drug-likeness (QED) is 0.697. The molecule has 142 valence electrons. The van der Waals surface area contributed by atoms with Gasteiger partial charge in [0, 0.05) is 24.1 Å². The monoisotopic (exact) mass is 360 g/mol. The summed E-state index contributed by atoms with van der Waals surface area (Å²) in [5, 5.41) is 14.9. The second-order valence-corrected chi connectivity index (χ2v) is 7.10. The van der Waals surface area contributed by atoms with Crippen LogP contribution in [-0.2, 0) is 16.1 Å². The number of carboxylic acid groups (broad SMARTS) is 1. The molecule has 1 aliphatic rings. The van der Waals surface area contributed by atoms with Crippen molar-refractivity contribution in [2.45, 2.75) is 58.5 Å². The summed E-state index contributed by atoms with van der Waals surface area (Å²) in [6.07, 6.45) is 3.40. The van der Waals surface area contributed by atoms with E-state index >= 15 is 0 Å². The molecule has 3 unspecified atom stereocenters. The molecule has 6 nitrogen and oxygen atoms in total. The summed E-state index contributed by atoms with van der Waals surface area (Å²) in [5.74, 6) is -1.72. The maximum Gasteiger partial charge on any atom is 0.306 e. The highest BCUT2D eigenvalue weighted by atomic mass is 16.4. The first-order chi connectivity index (χ1) is 12.4. The zero-order valence-electron chi connectivity index (χ0n) is 15.5. The molecule has 1 fully saturated rings. The van der Waals surface area contributed by atoms with Crippen LogP contribution in [0.2, 0.25) is 0 Å². The molecule has 1 aliphatic carbocycles. The molecular formula is C20H28N2O4. The zero-order valence-corrected chi connectivity index (χ0v) is 15.5. The van der Waals surface area contributed by atoms with E-state index in [1.165, 1.54) is 0 Å². The standard InChI is InChI=1S/C20H28N2O4/c1-3-13(2)22-19(24)15-7-4-6-14(10-15)12-21-18(23)16-8-5-9-17(11-16)20(25)26/h4,6-7,10,13,16-17H,3,5,8-9,11-12H2,1-2H3,(H,21,23)(H,22,24)(H,25,26). The molecule has 0 aromatic heterocycles. The van der Waals surface area contributed by atoms with Crippen LogP contribution in [0, 0.1) is 11.8 Å². The lowest BCUT2D eigenvalue weighted by molar-refractivity contribution is -0.144. The molecule has 26 heavy (non-hydrogen) atoms. The van der Waals surface area contributed by atoms with E-state index in [-0.39, 0.29) is 23.8 Å². The predicted octanol–water partition coefficient (Wildman–Crippen LogP) is 2.72. The van der Waals surface area contributed by atoms with Crippen molar-refractivity contribution in [2.75, 3.05) is 0 Å². The highest BCUT2D eigenvalue weighted by Crippen LogP contribution is 2.29. The Morgan fingerprint density at radius 1 is 1.23 bits per heavy atom. The van der Waals surface area contributed by atoms with Gasteiger partial charge in [-0.1, -0.05) is 25.5 Å². The van der Waals surface area contributed by atoms with Crippen molar-refractivity contribution in [3.8, 4) is 0 Å². The molecule has 1 aromatic rings. The van der Waals surface area contributed by atoms with Crippen molar-refractivity contribution in [1.29, 1.82) is 0 Å². The third-order valence-electron chi connectivity index (χ3n) is 5.04. The van der Waals surface area contributed by atoms with Crippen molar-refractivity contribution >= 4 is 17.8 Å². The molecule has 2 amide bonds. The van der Waals surface area contributed by atoms with E-state index in [1.807, 2.05) is 19.9 Å². The van der Waals surface area contributed by atoms with Gasteiger partial charge >= 0.3 is 5.97 Å². The molecule has 1 saturated carbocycles. The van der Waals surface area contributed by atoms with Crippen LogP contribution in [0.4, 0.5) is 0 Å². The average Bonchev–Trinajstić information content (AvgIpc) is 2.66. The van der Waals surface area contributed by atoms with E-state index in [4.69, 9.17) is 5.11 Å². The normalized spacial score (nSPS) is 20.8. The Balaban J connectivity index is 1.91. The second kappa shape index (κ2) is 9.36. The van der Waals surface area contributed by atoms with Gasteiger partial charge in [0.25, 0.3) is 5.91 Å². The minimum Gasteiger partial charge on any atom is -0.481 e. The van der Waals surface area contributed by atoms with Gasteiger partial charge in [0.05, 0.1) is 5.92 Å². The summed E-state index contributed by atoms with van der Waals surface area (Å²) in [6.45, 7) is 4.30. The summed E-state index contributed by atoms with van der Waals surface area (Å²) >= 11 is 0. The highest BCUT2D eigenvalue weighted by Gasteiger charge is 2.30. The topological polar surface area (TPSA) is 95.5 Å². The number of carboxylic acids is 1. The van der Waals surface area contributed by atoms with E-state index in [0.29, 0.717) is 24.9 Å². The van der Waals surface area contributed by atoms with Gasteiger partial charge in [-0.25, -0.2) is 0 Å². The van der Waals surface area contributed by atoms with Crippen LogP contribution in [0.1, 0.15) is 61.9 Å². The molecule has 2 rings (SSSR count). The summed E-state index contributed by atoms with van der Waals surface area (Å²) in [4.78, 5) is 35.7. The minimum absolute atomic E-state index is 0.106. The molecular weight excluding hydrogens is 332 g/mol. The Kier molecular flexibility index (Phi) is 7.18. The van der Waals surface area contributed by atoms with Crippen LogP contribution in [0.15, 0.2) is 24.3 Å². The molecule has 6 heteroatoms. The first-order valence-corrected chi connectivity index (χ1v) is 9.31. The van der Waals surface area contributed by atoms with Gasteiger partial charge in [-0.15, -0.1) is 0 Å². The number of carbonyl (C=O) groups is 3. The fraction of sp³-hybridized carbons (Fsp3) is 0.550. The van der Waals surface area contributed by atoms with Crippen LogP contribution in [0.3, 0.4) is 0 Å².